The molecule has 1 aromatic carbocycles. The molecule has 0 unspecified atom stereocenters. The highest BCUT2D eigenvalue weighted by Crippen LogP contribution is 2.27. The lowest BCUT2D eigenvalue weighted by atomic mass is 10.2. The van der Waals surface area contributed by atoms with Gasteiger partial charge in [0.1, 0.15) is 17.6 Å². The highest BCUT2D eigenvalue weighted by molar-refractivity contribution is 7.17. The summed E-state index contributed by atoms with van der Waals surface area (Å²) in [6.45, 7) is 2.00. The fourth-order valence-corrected chi connectivity index (χ4v) is 4.11. The van der Waals surface area contributed by atoms with Gasteiger partial charge in [-0.1, -0.05) is 33.3 Å². The third kappa shape index (κ3) is 1.55. The Morgan fingerprint density at radius 1 is 1.24 bits per heavy atom. The van der Waals surface area contributed by atoms with E-state index in [1.807, 2.05) is 25.1 Å². The molecule has 0 atom stereocenters. The van der Waals surface area contributed by atoms with Gasteiger partial charge in [-0.3, -0.25) is 0 Å². The van der Waals surface area contributed by atoms with E-state index in [0.717, 1.165) is 15.3 Å². The Hall–Kier alpha value is -1.70. The van der Waals surface area contributed by atoms with Crippen molar-refractivity contribution in [1.82, 2.24) is 0 Å². The van der Waals surface area contributed by atoms with E-state index in [1.165, 1.54) is 11.3 Å². The number of nitrogens with zero attached hydrogens (tertiary/aromatic N) is 2. The van der Waals surface area contributed by atoms with Crippen LogP contribution in [-0.4, -0.2) is 0 Å². The van der Waals surface area contributed by atoms with E-state index in [-0.39, 0.29) is 0 Å². The second kappa shape index (κ2) is 3.95. The molecule has 2 heterocycles. The van der Waals surface area contributed by atoms with Crippen LogP contribution in [0.5, 0.6) is 0 Å². The Balaban J connectivity index is 2.31. The van der Waals surface area contributed by atoms with Crippen LogP contribution in [0, 0.1) is 18.3 Å². The zero-order chi connectivity index (χ0) is 11.8. The van der Waals surface area contributed by atoms with Crippen molar-refractivity contribution >= 4 is 27.7 Å². The van der Waals surface area contributed by atoms with Gasteiger partial charge in [0, 0.05) is 5.56 Å². The summed E-state index contributed by atoms with van der Waals surface area (Å²) in [5.74, 6) is 0. The van der Waals surface area contributed by atoms with Crippen LogP contribution in [-0.2, 0) is 0 Å². The van der Waals surface area contributed by atoms with Gasteiger partial charge in [0.15, 0.2) is 5.56 Å². The maximum absolute atomic E-state index is 9.14. The monoisotopic (exact) mass is 257 g/mol. The molecular weight excluding hydrogens is 248 g/mol. The van der Waals surface area contributed by atoms with Crippen molar-refractivity contribution in [3.8, 4) is 17.3 Å². The molecule has 0 aliphatic rings. The lowest BCUT2D eigenvalue weighted by Gasteiger charge is -1.89. The minimum absolute atomic E-state index is 0.808. The Labute approximate surface area is 107 Å². The van der Waals surface area contributed by atoms with Crippen molar-refractivity contribution < 1.29 is 3.79 Å². The summed E-state index contributed by atoms with van der Waals surface area (Å²) in [4.78, 5) is 2.13. The molecule has 0 spiro atoms. The summed E-state index contributed by atoms with van der Waals surface area (Å²) in [5.41, 5.74) is 3.16. The van der Waals surface area contributed by atoms with Crippen molar-refractivity contribution in [3.05, 3.63) is 46.2 Å². The fourth-order valence-electron chi connectivity index (χ4n) is 1.82. The van der Waals surface area contributed by atoms with E-state index >= 15 is 0 Å². The number of rotatable bonds is 1. The summed E-state index contributed by atoms with van der Waals surface area (Å²) in [6.07, 6.45) is 0. The predicted molar refractivity (Wildman–Crippen MR) is 70.2 cm³/mol. The number of aryl methyl sites for hydroxylation is 1. The molecule has 0 aliphatic heterocycles. The van der Waals surface area contributed by atoms with Gasteiger partial charge in [-0.25, -0.2) is 0 Å². The summed E-state index contributed by atoms with van der Waals surface area (Å²) < 4.78 is 2.15. The molecule has 0 saturated carbocycles. The maximum Gasteiger partial charge on any atom is 0.300 e. The summed E-state index contributed by atoms with van der Waals surface area (Å²) in [7, 11) is 0. The zero-order valence-corrected chi connectivity index (χ0v) is 10.8. The molecule has 4 heteroatoms. The second-order valence-electron chi connectivity index (χ2n) is 3.72. The Bertz CT molecular complexity index is 717. The molecule has 0 aliphatic carbocycles. The van der Waals surface area contributed by atoms with Crippen molar-refractivity contribution in [1.29, 1.82) is 5.26 Å². The van der Waals surface area contributed by atoms with Gasteiger partial charge in [-0.15, -0.1) is 0 Å². The van der Waals surface area contributed by atoms with E-state index in [0.29, 0.717) is 0 Å². The van der Waals surface area contributed by atoms with Crippen LogP contribution in [0.2, 0.25) is 0 Å². The molecule has 0 radical (unpaired) electrons. The number of fused-ring (bicyclic) bond motifs is 1. The molecule has 82 valence electrons. The Morgan fingerprint density at radius 2 is 2.00 bits per heavy atom. The Kier molecular flexibility index (Phi) is 2.43. The molecule has 0 bridgehead atoms. The third-order valence-electron chi connectivity index (χ3n) is 2.66. The predicted octanol–water partition coefficient (Wildman–Crippen LogP) is 3.40. The van der Waals surface area contributed by atoms with Crippen LogP contribution < -0.4 is 3.79 Å². The molecule has 3 aromatic rings. The number of hydrogen-bond acceptors (Lipinski definition) is 3. The van der Waals surface area contributed by atoms with E-state index < -0.39 is 0 Å². The minimum Gasteiger partial charge on any atom is -0.192 e. The van der Waals surface area contributed by atoms with Gasteiger partial charge < -0.3 is 0 Å². The van der Waals surface area contributed by atoms with Crippen LogP contribution in [0.15, 0.2) is 35.7 Å². The smallest absolute Gasteiger partial charge is 0.192 e. The topological polar surface area (TPSA) is 27.9 Å². The molecule has 0 amide bonds. The fraction of sp³-hybridized carbons (Fsp3) is 0.0769. The van der Waals surface area contributed by atoms with Crippen LogP contribution in [0.3, 0.4) is 0 Å². The molecule has 17 heavy (non-hydrogen) atoms. The van der Waals surface area contributed by atoms with Crippen molar-refractivity contribution in [3.63, 3.8) is 0 Å². The first kappa shape index (κ1) is 10.5. The third-order valence-corrected chi connectivity index (χ3v) is 4.77. The van der Waals surface area contributed by atoms with Crippen molar-refractivity contribution in [2.45, 2.75) is 6.92 Å². The molecule has 2 nitrogen and oxygen atoms in total. The molecule has 3 rings (SSSR count). The summed E-state index contributed by atoms with van der Waals surface area (Å²) in [5, 5.41) is 11.2. The number of benzene rings is 1. The van der Waals surface area contributed by atoms with E-state index in [1.54, 1.807) is 22.9 Å². The molecule has 0 N–H and O–H groups in total. The van der Waals surface area contributed by atoms with Crippen LogP contribution in [0.4, 0.5) is 0 Å². The van der Waals surface area contributed by atoms with Crippen LogP contribution >= 0.6 is 22.9 Å². The van der Waals surface area contributed by atoms with Gasteiger partial charge >= 0.3 is 0 Å². The average molecular weight is 257 g/mol. The first-order valence-electron chi connectivity index (χ1n) is 5.20. The standard InChI is InChI=1S/C13H9N2S2/c1-9-11(7-14)13-15(17-9)12(8-16-13)10-5-3-2-4-6-10/h2-6,8H,1H3/q+1. The number of nitriles is 1. The quantitative estimate of drug-likeness (QED) is 0.614. The second-order valence-corrected chi connectivity index (χ2v) is 5.74. The van der Waals surface area contributed by atoms with E-state index in [9.17, 15) is 0 Å². The molecule has 2 aromatic heterocycles. The largest absolute Gasteiger partial charge is 0.300 e. The van der Waals surface area contributed by atoms with Gasteiger partial charge in [0.05, 0.1) is 10.3 Å². The first-order valence-corrected chi connectivity index (χ1v) is 6.85. The van der Waals surface area contributed by atoms with Gasteiger partial charge in [0.2, 0.25) is 5.69 Å². The zero-order valence-electron chi connectivity index (χ0n) is 9.18. The van der Waals surface area contributed by atoms with Crippen molar-refractivity contribution in [2.24, 2.45) is 0 Å². The molecule has 0 saturated heterocycles. The average Bonchev–Trinajstić information content (AvgIpc) is 2.87. The lowest BCUT2D eigenvalue weighted by Crippen LogP contribution is -2.14. The van der Waals surface area contributed by atoms with Crippen LogP contribution in [0.25, 0.3) is 16.1 Å². The summed E-state index contributed by atoms with van der Waals surface area (Å²) >= 11 is 3.27. The summed E-state index contributed by atoms with van der Waals surface area (Å²) in [6, 6.07) is 12.5. The van der Waals surface area contributed by atoms with E-state index in [2.05, 4.69) is 27.4 Å². The molecule has 0 fully saturated rings. The number of aromatic nitrogens is 1. The van der Waals surface area contributed by atoms with Crippen LogP contribution in [0.1, 0.15) is 10.4 Å². The number of hydrogen-bond donors (Lipinski definition) is 0. The highest BCUT2D eigenvalue weighted by Gasteiger charge is 2.24. The highest BCUT2D eigenvalue weighted by atomic mass is 32.1. The first-order chi connectivity index (χ1) is 8.31. The van der Waals surface area contributed by atoms with Crippen molar-refractivity contribution in [2.75, 3.05) is 0 Å². The normalized spacial score (nSPS) is 10.6. The van der Waals surface area contributed by atoms with E-state index in [4.69, 9.17) is 5.26 Å². The van der Waals surface area contributed by atoms with Gasteiger partial charge in [0.25, 0.3) is 4.83 Å². The minimum atomic E-state index is 0.808. The van der Waals surface area contributed by atoms with Gasteiger partial charge in [-0.05, 0) is 19.1 Å². The number of thiazole rings is 1. The SMILES string of the molecule is Cc1s[n+]2c(-c3ccccc3)csc2c1C#N. The Morgan fingerprint density at radius 3 is 2.71 bits per heavy atom. The maximum atomic E-state index is 9.14. The molecular formula is C13H9N2S2+. The van der Waals surface area contributed by atoms with Gasteiger partial charge in [-0.2, -0.15) is 5.26 Å². The lowest BCUT2D eigenvalue weighted by molar-refractivity contribution is -0.413.